The lowest BCUT2D eigenvalue weighted by Crippen LogP contribution is -2.39. The highest BCUT2D eigenvalue weighted by Crippen LogP contribution is 2.08. The molecule has 0 aliphatic rings. The summed E-state index contributed by atoms with van der Waals surface area (Å²) >= 11 is 0. The van der Waals surface area contributed by atoms with Gasteiger partial charge in [0.25, 0.3) is 11.5 Å². The van der Waals surface area contributed by atoms with Crippen molar-refractivity contribution in [2.45, 2.75) is 0 Å². The van der Waals surface area contributed by atoms with Gasteiger partial charge in [-0.15, -0.1) is 0 Å². The molecule has 0 aliphatic carbocycles. The van der Waals surface area contributed by atoms with E-state index in [-0.39, 0.29) is 5.56 Å². The zero-order valence-corrected chi connectivity index (χ0v) is 9.49. The largest absolute Gasteiger partial charge is 0.494 e. The molecule has 0 spiro atoms. The van der Waals surface area contributed by atoms with E-state index >= 15 is 0 Å². The minimum absolute atomic E-state index is 0.302. The number of carboxylic acids is 2. The fourth-order valence-corrected chi connectivity index (χ4v) is 1.36. The number of aromatic amines is 1. The second-order valence-electron chi connectivity index (χ2n) is 3.57. The monoisotopic (exact) mass is 270 g/mol. The van der Waals surface area contributed by atoms with Gasteiger partial charge in [0.15, 0.2) is 5.88 Å². The molecule has 102 valence electrons. The lowest BCUT2D eigenvalue weighted by atomic mass is 10.2. The summed E-state index contributed by atoms with van der Waals surface area (Å²) in [5.41, 5.74) is -1.07. The first-order chi connectivity index (χ1) is 8.79. The molecule has 0 unspecified atom stereocenters. The van der Waals surface area contributed by atoms with Crippen molar-refractivity contribution >= 4 is 17.8 Å². The van der Waals surface area contributed by atoms with Crippen LogP contribution >= 0.6 is 0 Å². The Morgan fingerprint density at radius 2 is 1.63 bits per heavy atom. The molecule has 9 nitrogen and oxygen atoms in total. The molecule has 1 amide bonds. The van der Waals surface area contributed by atoms with Crippen LogP contribution in [0.1, 0.15) is 10.4 Å². The van der Waals surface area contributed by atoms with Gasteiger partial charge in [-0.05, 0) is 0 Å². The first kappa shape index (κ1) is 14.2. The summed E-state index contributed by atoms with van der Waals surface area (Å²) in [4.78, 5) is 46.5. The van der Waals surface area contributed by atoms with Crippen molar-refractivity contribution in [1.82, 2.24) is 9.88 Å². The van der Waals surface area contributed by atoms with E-state index in [9.17, 15) is 19.2 Å². The molecule has 1 heterocycles. The van der Waals surface area contributed by atoms with E-state index in [1.807, 2.05) is 4.98 Å². The zero-order valence-electron chi connectivity index (χ0n) is 9.49. The summed E-state index contributed by atoms with van der Waals surface area (Å²) in [5, 5.41) is 26.3. The first-order valence-electron chi connectivity index (χ1n) is 4.96. The Balaban J connectivity index is 3.07. The molecule has 0 atom stereocenters. The summed E-state index contributed by atoms with van der Waals surface area (Å²) in [7, 11) is 0. The molecule has 9 heteroatoms. The van der Waals surface area contributed by atoms with Crippen molar-refractivity contribution < 1.29 is 29.7 Å². The van der Waals surface area contributed by atoms with Gasteiger partial charge in [0.05, 0.1) is 5.56 Å². The molecule has 19 heavy (non-hydrogen) atoms. The molecule has 0 aromatic carbocycles. The zero-order chi connectivity index (χ0) is 14.6. The van der Waals surface area contributed by atoms with Gasteiger partial charge in [0.1, 0.15) is 13.1 Å². The van der Waals surface area contributed by atoms with Crippen molar-refractivity contribution in [3.8, 4) is 5.88 Å². The van der Waals surface area contributed by atoms with Gasteiger partial charge in [-0.3, -0.25) is 24.2 Å². The first-order valence-corrected chi connectivity index (χ1v) is 4.96. The van der Waals surface area contributed by atoms with Crippen LogP contribution in [-0.2, 0) is 9.59 Å². The number of nitrogens with zero attached hydrogens (tertiary/aromatic N) is 1. The van der Waals surface area contributed by atoms with E-state index in [2.05, 4.69) is 0 Å². The fraction of sp³-hybridized carbons (Fsp3) is 0.200. The number of aromatic nitrogens is 1. The predicted molar refractivity (Wildman–Crippen MR) is 59.9 cm³/mol. The van der Waals surface area contributed by atoms with Crippen LogP contribution in [0.4, 0.5) is 0 Å². The molecule has 4 N–H and O–H groups in total. The van der Waals surface area contributed by atoms with E-state index in [0.29, 0.717) is 4.90 Å². The van der Waals surface area contributed by atoms with Gasteiger partial charge in [0, 0.05) is 12.1 Å². The summed E-state index contributed by atoms with van der Waals surface area (Å²) in [6.45, 7) is -1.67. The van der Waals surface area contributed by atoms with Crippen molar-refractivity contribution in [1.29, 1.82) is 0 Å². The lowest BCUT2D eigenvalue weighted by Gasteiger charge is -2.18. The molecule has 0 bridgehead atoms. The third kappa shape index (κ3) is 4.15. The van der Waals surface area contributed by atoms with Gasteiger partial charge in [-0.25, -0.2) is 0 Å². The maximum atomic E-state index is 11.9. The van der Waals surface area contributed by atoms with Gasteiger partial charge in [0.2, 0.25) is 0 Å². The Morgan fingerprint density at radius 1 is 1.11 bits per heavy atom. The number of nitrogens with one attached hydrogen (secondary N) is 1. The standard InChI is InChI=1S/C10H10N2O7/c13-6-1-5(2-7(14)11-6)10(19)12(3-8(15)16)4-9(17)18/h1-2H,3-4H2,(H,15,16)(H,17,18)(H2,11,13,14). The number of carbonyl (C=O) groups is 3. The number of aliphatic carboxylic acids is 2. The lowest BCUT2D eigenvalue weighted by molar-refractivity contribution is -0.140. The molecule has 0 saturated heterocycles. The molecule has 0 aliphatic heterocycles. The Labute approximate surface area is 105 Å². The third-order valence-electron chi connectivity index (χ3n) is 2.02. The Morgan fingerprint density at radius 3 is 2.05 bits per heavy atom. The smallest absolute Gasteiger partial charge is 0.323 e. The van der Waals surface area contributed by atoms with Gasteiger partial charge in [-0.1, -0.05) is 0 Å². The topological polar surface area (TPSA) is 148 Å². The number of hydrogen-bond acceptors (Lipinski definition) is 5. The molecule has 1 rings (SSSR count). The Bertz CT molecular complexity index is 561. The second-order valence-corrected chi connectivity index (χ2v) is 3.57. The number of H-pyrrole nitrogens is 1. The third-order valence-corrected chi connectivity index (χ3v) is 2.02. The van der Waals surface area contributed by atoms with E-state index in [0.717, 1.165) is 12.1 Å². The van der Waals surface area contributed by atoms with Gasteiger partial charge in [-0.2, -0.15) is 0 Å². The van der Waals surface area contributed by atoms with Crippen molar-refractivity contribution in [2.24, 2.45) is 0 Å². The van der Waals surface area contributed by atoms with Crippen LogP contribution in [0, 0.1) is 0 Å². The highest BCUT2D eigenvalue weighted by molar-refractivity contribution is 5.97. The average Bonchev–Trinajstić information content (AvgIpc) is 2.24. The van der Waals surface area contributed by atoms with Crippen molar-refractivity contribution in [3.63, 3.8) is 0 Å². The van der Waals surface area contributed by atoms with Crippen LogP contribution in [0.2, 0.25) is 0 Å². The highest BCUT2D eigenvalue weighted by Gasteiger charge is 2.21. The molecular weight excluding hydrogens is 260 g/mol. The normalized spacial score (nSPS) is 9.89. The number of carboxylic acid groups (broad SMARTS) is 2. The number of aromatic hydroxyl groups is 1. The minimum Gasteiger partial charge on any atom is -0.494 e. The van der Waals surface area contributed by atoms with Gasteiger partial charge < -0.3 is 20.2 Å². The van der Waals surface area contributed by atoms with E-state index in [1.54, 1.807) is 0 Å². The number of hydrogen-bond donors (Lipinski definition) is 4. The number of carbonyl (C=O) groups excluding carboxylic acids is 1. The highest BCUT2D eigenvalue weighted by atomic mass is 16.4. The number of rotatable bonds is 5. The molecule has 1 aromatic rings. The Kier molecular flexibility index (Phi) is 4.24. The maximum absolute atomic E-state index is 11.9. The molecule has 0 fully saturated rings. The predicted octanol–water partition coefficient (Wildman–Crippen LogP) is -1.31. The minimum atomic E-state index is -1.40. The van der Waals surface area contributed by atoms with Gasteiger partial charge >= 0.3 is 11.9 Å². The van der Waals surface area contributed by atoms with Crippen molar-refractivity contribution in [3.05, 3.63) is 28.0 Å². The Hall–Kier alpha value is -2.84. The summed E-state index contributed by atoms with van der Waals surface area (Å²) in [5.74, 6) is -4.36. The fourth-order valence-electron chi connectivity index (χ4n) is 1.36. The molecular formula is C10H10N2O7. The number of amides is 1. The summed E-state index contributed by atoms with van der Waals surface area (Å²) in [6, 6.07) is 1.74. The molecule has 0 radical (unpaired) electrons. The van der Waals surface area contributed by atoms with Crippen LogP contribution in [0.5, 0.6) is 5.88 Å². The quantitative estimate of drug-likeness (QED) is 0.519. The van der Waals surface area contributed by atoms with Crippen LogP contribution in [0.15, 0.2) is 16.9 Å². The van der Waals surface area contributed by atoms with E-state index in [1.165, 1.54) is 0 Å². The van der Waals surface area contributed by atoms with Crippen molar-refractivity contribution in [2.75, 3.05) is 13.1 Å². The van der Waals surface area contributed by atoms with Crippen LogP contribution in [0.3, 0.4) is 0 Å². The second kappa shape index (κ2) is 5.67. The summed E-state index contributed by atoms with van der Waals surface area (Å²) in [6.07, 6.45) is 0. The average molecular weight is 270 g/mol. The number of pyridine rings is 1. The summed E-state index contributed by atoms with van der Waals surface area (Å²) < 4.78 is 0. The van der Waals surface area contributed by atoms with E-state index < -0.39 is 42.4 Å². The van der Waals surface area contributed by atoms with Crippen LogP contribution < -0.4 is 5.56 Å². The maximum Gasteiger partial charge on any atom is 0.323 e. The van der Waals surface area contributed by atoms with Crippen LogP contribution in [-0.4, -0.2) is 56.1 Å². The van der Waals surface area contributed by atoms with Crippen LogP contribution in [0.25, 0.3) is 0 Å². The SMILES string of the molecule is O=C(O)CN(CC(=O)O)C(=O)c1cc(O)[nH]c(=O)c1. The van der Waals surface area contributed by atoms with E-state index in [4.69, 9.17) is 15.3 Å². The molecule has 0 saturated carbocycles. The molecule has 1 aromatic heterocycles.